The molecule has 0 bridgehead atoms. The van der Waals surface area contributed by atoms with Crippen LogP contribution in [0.5, 0.6) is 0 Å². The first-order valence-electron chi connectivity index (χ1n) is 6.98. The first-order valence-corrected chi connectivity index (χ1v) is 6.98. The largest absolute Gasteiger partial charge is 0.480 e. The average Bonchev–Trinajstić information content (AvgIpc) is 2.46. The summed E-state index contributed by atoms with van der Waals surface area (Å²) in [6.45, 7) is 0.268. The molecule has 1 unspecified atom stereocenters. The van der Waals surface area contributed by atoms with Crippen molar-refractivity contribution in [2.45, 2.75) is 37.9 Å². The van der Waals surface area contributed by atoms with Crippen molar-refractivity contribution < 1.29 is 27.9 Å². The third-order valence-electron chi connectivity index (χ3n) is 3.77. The molecule has 1 amide bonds. The number of carboxylic acids is 1. The third kappa shape index (κ3) is 3.58. The third-order valence-corrected chi connectivity index (χ3v) is 3.77. The minimum absolute atomic E-state index is 0.130. The number of amides is 1. The molecule has 1 aromatic carbocycles. The quantitative estimate of drug-likeness (QED) is 0.933. The van der Waals surface area contributed by atoms with Crippen LogP contribution in [0.15, 0.2) is 24.3 Å². The highest BCUT2D eigenvalue weighted by Crippen LogP contribution is 2.32. The summed E-state index contributed by atoms with van der Waals surface area (Å²) in [5.41, 5.74) is -0.984. The number of hydrogen-bond donors (Lipinski definition) is 1. The van der Waals surface area contributed by atoms with E-state index in [2.05, 4.69) is 0 Å². The molecular formula is C15H16F3NO3. The molecule has 1 aliphatic heterocycles. The highest BCUT2D eigenvalue weighted by Gasteiger charge is 2.35. The smallest absolute Gasteiger partial charge is 0.416 e. The first kappa shape index (κ1) is 16.3. The minimum Gasteiger partial charge on any atom is -0.480 e. The van der Waals surface area contributed by atoms with E-state index in [1.165, 1.54) is 23.1 Å². The van der Waals surface area contributed by atoms with Crippen LogP contribution in [0.2, 0.25) is 0 Å². The van der Waals surface area contributed by atoms with Gasteiger partial charge in [0, 0.05) is 6.54 Å². The number of piperidine rings is 1. The van der Waals surface area contributed by atoms with E-state index >= 15 is 0 Å². The number of halogens is 3. The molecule has 0 aromatic heterocycles. The van der Waals surface area contributed by atoms with Crippen molar-refractivity contribution in [3.05, 3.63) is 35.4 Å². The Morgan fingerprint density at radius 3 is 2.55 bits per heavy atom. The summed E-state index contributed by atoms with van der Waals surface area (Å²) in [5, 5.41) is 9.13. The molecule has 7 heteroatoms. The lowest BCUT2D eigenvalue weighted by Crippen LogP contribution is -2.48. The van der Waals surface area contributed by atoms with Gasteiger partial charge in [-0.05, 0) is 30.9 Å². The van der Waals surface area contributed by atoms with Gasteiger partial charge in [0.2, 0.25) is 5.91 Å². The lowest BCUT2D eigenvalue weighted by atomic mass is 9.99. The van der Waals surface area contributed by atoms with Gasteiger partial charge in [-0.3, -0.25) is 4.79 Å². The summed E-state index contributed by atoms with van der Waals surface area (Å²) in [4.78, 5) is 24.6. The summed E-state index contributed by atoms with van der Waals surface area (Å²) in [6, 6.07) is 3.92. The van der Waals surface area contributed by atoms with Crippen molar-refractivity contribution in [3.8, 4) is 0 Å². The number of benzene rings is 1. The molecule has 2 rings (SSSR count). The molecule has 0 radical (unpaired) electrons. The van der Waals surface area contributed by atoms with Crippen LogP contribution in [0, 0.1) is 0 Å². The summed E-state index contributed by atoms with van der Waals surface area (Å²) in [5.74, 6) is -1.69. The molecule has 1 aliphatic rings. The Balaban J connectivity index is 2.20. The Kier molecular flexibility index (Phi) is 4.73. The highest BCUT2D eigenvalue weighted by molar-refractivity contribution is 5.85. The predicted octanol–water partition coefficient (Wildman–Crippen LogP) is 2.71. The maximum atomic E-state index is 12.9. The monoisotopic (exact) mass is 315 g/mol. The zero-order chi connectivity index (χ0) is 16.3. The zero-order valence-electron chi connectivity index (χ0n) is 11.8. The van der Waals surface area contributed by atoms with Crippen LogP contribution in [0.4, 0.5) is 13.2 Å². The first-order chi connectivity index (χ1) is 10.3. The standard InChI is InChI=1S/C15H16F3NO3/c16-15(17,18)11-6-2-1-5-10(11)9-13(20)19-8-4-3-7-12(19)14(21)22/h1-2,5-6,12H,3-4,7-9H2,(H,21,22). The molecule has 0 aliphatic carbocycles. The van der Waals surface area contributed by atoms with Crippen molar-refractivity contribution in [1.29, 1.82) is 0 Å². The molecule has 1 N–H and O–H groups in total. The summed E-state index contributed by atoms with van der Waals surface area (Å²) >= 11 is 0. The lowest BCUT2D eigenvalue weighted by molar-refractivity contribution is -0.152. The second kappa shape index (κ2) is 6.37. The summed E-state index contributed by atoms with van der Waals surface area (Å²) < 4.78 is 38.8. The molecule has 22 heavy (non-hydrogen) atoms. The number of nitrogens with zero attached hydrogens (tertiary/aromatic N) is 1. The van der Waals surface area contributed by atoms with Gasteiger partial charge in [0.15, 0.2) is 0 Å². The Hall–Kier alpha value is -2.05. The molecule has 1 aromatic rings. The van der Waals surface area contributed by atoms with Gasteiger partial charge in [-0.15, -0.1) is 0 Å². The number of likely N-dealkylation sites (tertiary alicyclic amines) is 1. The molecule has 0 saturated carbocycles. The maximum absolute atomic E-state index is 12.9. The Bertz CT molecular complexity index is 571. The van der Waals surface area contributed by atoms with E-state index in [9.17, 15) is 22.8 Å². The van der Waals surface area contributed by atoms with Crippen LogP contribution < -0.4 is 0 Å². The Morgan fingerprint density at radius 2 is 1.91 bits per heavy atom. The van der Waals surface area contributed by atoms with E-state index in [1.807, 2.05) is 0 Å². The fourth-order valence-electron chi connectivity index (χ4n) is 2.70. The van der Waals surface area contributed by atoms with Crippen LogP contribution in [0.25, 0.3) is 0 Å². The molecule has 1 saturated heterocycles. The van der Waals surface area contributed by atoms with Gasteiger partial charge >= 0.3 is 12.1 Å². The van der Waals surface area contributed by atoms with E-state index in [1.54, 1.807) is 0 Å². The molecule has 0 spiro atoms. The second-order valence-corrected chi connectivity index (χ2v) is 5.27. The molecule has 1 heterocycles. The lowest BCUT2D eigenvalue weighted by Gasteiger charge is -2.33. The van der Waals surface area contributed by atoms with Crippen molar-refractivity contribution in [1.82, 2.24) is 4.90 Å². The number of rotatable bonds is 3. The Labute approximate surface area is 125 Å². The fourth-order valence-corrected chi connectivity index (χ4v) is 2.70. The van der Waals surface area contributed by atoms with Crippen LogP contribution in [0.3, 0.4) is 0 Å². The van der Waals surface area contributed by atoms with Gasteiger partial charge in [0.05, 0.1) is 12.0 Å². The van der Waals surface area contributed by atoms with Gasteiger partial charge in [0.1, 0.15) is 6.04 Å². The van der Waals surface area contributed by atoms with Gasteiger partial charge < -0.3 is 10.0 Å². The number of hydrogen-bond acceptors (Lipinski definition) is 2. The molecule has 120 valence electrons. The van der Waals surface area contributed by atoms with Crippen LogP contribution in [0.1, 0.15) is 30.4 Å². The highest BCUT2D eigenvalue weighted by atomic mass is 19.4. The van der Waals surface area contributed by atoms with E-state index < -0.39 is 36.1 Å². The van der Waals surface area contributed by atoms with Gasteiger partial charge in [0.25, 0.3) is 0 Å². The van der Waals surface area contributed by atoms with E-state index in [0.717, 1.165) is 6.07 Å². The molecular weight excluding hydrogens is 299 g/mol. The number of alkyl halides is 3. The van der Waals surface area contributed by atoms with E-state index in [4.69, 9.17) is 5.11 Å². The minimum atomic E-state index is -4.54. The number of carbonyl (C=O) groups is 2. The molecule has 1 atom stereocenters. The van der Waals surface area contributed by atoms with Crippen molar-refractivity contribution in [2.75, 3.05) is 6.54 Å². The number of carboxylic acid groups (broad SMARTS) is 1. The van der Waals surface area contributed by atoms with Gasteiger partial charge in [-0.25, -0.2) is 4.79 Å². The Morgan fingerprint density at radius 1 is 1.23 bits per heavy atom. The zero-order valence-corrected chi connectivity index (χ0v) is 11.8. The van der Waals surface area contributed by atoms with Gasteiger partial charge in [-0.1, -0.05) is 18.2 Å². The predicted molar refractivity (Wildman–Crippen MR) is 72.1 cm³/mol. The molecule has 4 nitrogen and oxygen atoms in total. The maximum Gasteiger partial charge on any atom is 0.416 e. The fraction of sp³-hybridized carbons (Fsp3) is 0.467. The van der Waals surface area contributed by atoms with Gasteiger partial charge in [-0.2, -0.15) is 13.2 Å². The van der Waals surface area contributed by atoms with Crippen LogP contribution >= 0.6 is 0 Å². The van der Waals surface area contributed by atoms with Crippen molar-refractivity contribution in [3.63, 3.8) is 0 Å². The number of carbonyl (C=O) groups excluding carboxylic acids is 1. The summed E-state index contributed by atoms with van der Waals surface area (Å²) in [7, 11) is 0. The van der Waals surface area contributed by atoms with Crippen molar-refractivity contribution in [2.24, 2.45) is 0 Å². The van der Waals surface area contributed by atoms with Crippen molar-refractivity contribution >= 4 is 11.9 Å². The van der Waals surface area contributed by atoms with Crippen LogP contribution in [-0.4, -0.2) is 34.5 Å². The number of aliphatic carboxylic acids is 1. The topological polar surface area (TPSA) is 57.6 Å². The summed E-state index contributed by atoms with van der Waals surface area (Å²) in [6.07, 6.45) is -3.29. The van der Waals surface area contributed by atoms with E-state index in [-0.39, 0.29) is 12.1 Å². The second-order valence-electron chi connectivity index (χ2n) is 5.27. The van der Waals surface area contributed by atoms with E-state index in [0.29, 0.717) is 19.3 Å². The average molecular weight is 315 g/mol. The SMILES string of the molecule is O=C(O)C1CCCCN1C(=O)Cc1ccccc1C(F)(F)F. The molecule has 1 fully saturated rings. The van der Waals surface area contributed by atoms with Crippen LogP contribution in [-0.2, 0) is 22.2 Å². The normalized spacial score (nSPS) is 19.0.